The number of hydrogen-bond donors (Lipinski definition) is 0. The molecule has 0 radical (unpaired) electrons. The first-order valence-electron chi connectivity index (χ1n) is 11.1. The Morgan fingerprint density at radius 1 is 1.06 bits per heavy atom. The van der Waals surface area contributed by atoms with Crippen LogP contribution < -0.4 is 4.90 Å². The first kappa shape index (κ1) is 21.8. The summed E-state index contributed by atoms with van der Waals surface area (Å²) >= 11 is 1.88. The molecule has 0 bridgehead atoms. The summed E-state index contributed by atoms with van der Waals surface area (Å²) < 4.78 is 28.2. The fraction of sp³-hybridized carbons (Fsp3) is 0.320. The number of nitrogens with zero attached hydrogens (tertiary/aromatic N) is 4. The predicted octanol–water partition coefficient (Wildman–Crippen LogP) is 4.78. The van der Waals surface area contributed by atoms with E-state index >= 15 is 0 Å². The Morgan fingerprint density at radius 3 is 2.48 bits per heavy atom. The maximum atomic E-state index is 14.8. The minimum atomic E-state index is -0.429. The van der Waals surface area contributed by atoms with Crippen LogP contribution in [0.5, 0.6) is 0 Å². The van der Waals surface area contributed by atoms with Crippen LogP contribution >= 0.6 is 11.8 Å². The molecule has 5 nitrogen and oxygen atoms in total. The van der Waals surface area contributed by atoms with E-state index in [1.54, 1.807) is 35.2 Å². The van der Waals surface area contributed by atoms with E-state index in [9.17, 15) is 13.6 Å². The number of aromatic nitrogens is 2. The third-order valence-electron chi connectivity index (χ3n) is 5.94. The van der Waals surface area contributed by atoms with Gasteiger partial charge < -0.3 is 9.80 Å². The van der Waals surface area contributed by atoms with Crippen molar-refractivity contribution in [2.75, 3.05) is 29.5 Å². The highest BCUT2D eigenvalue weighted by molar-refractivity contribution is 7.99. The molecule has 3 aromatic rings. The van der Waals surface area contributed by atoms with Gasteiger partial charge in [-0.2, -0.15) is 11.8 Å². The summed E-state index contributed by atoms with van der Waals surface area (Å²) in [6, 6.07) is 12.6. The van der Waals surface area contributed by atoms with Crippen molar-refractivity contribution in [1.29, 1.82) is 0 Å². The van der Waals surface area contributed by atoms with Gasteiger partial charge in [-0.25, -0.2) is 18.7 Å². The van der Waals surface area contributed by atoms with Crippen molar-refractivity contribution in [2.45, 2.75) is 25.4 Å². The maximum absolute atomic E-state index is 14.8. The number of benzene rings is 2. The second kappa shape index (κ2) is 9.47. The molecule has 0 unspecified atom stereocenters. The fourth-order valence-electron chi connectivity index (χ4n) is 4.00. The smallest absolute Gasteiger partial charge is 0.258 e. The summed E-state index contributed by atoms with van der Waals surface area (Å²) in [6.07, 6.45) is 3.35. The van der Waals surface area contributed by atoms with Crippen LogP contribution in [0.1, 0.15) is 28.8 Å². The summed E-state index contributed by atoms with van der Waals surface area (Å²) in [4.78, 5) is 26.8. The topological polar surface area (TPSA) is 49.3 Å². The third kappa shape index (κ3) is 4.85. The van der Waals surface area contributed by atoms with Crippen molar-refractivity contribution in [3.8, 4) is 11.3 Å². The van der Waals surface area contributed by atoms with E-state index in [2.05, 4.69) is 9.88 Å². The molecule has 0 spiro atoms. The number of carbonyl (C=O) groups excluding carboxylic acids is 1. The van der Waals surface area contributed by atoms with Crippen molar-refractivity contribution >= 4 is 23.6 Å². The first-order valence-corrected chi connectivity index (χ1v) is 12.3. The number of amides is 1. The summed E-state index contributed by atoms with van der Waals surface area (Å²) in [6.45, 7) is 1.98. The normalized spacial score (nSPS) is 16.0. The van der Waals surface area contributed by atoms with Crippen molar-refractivity contribution in [3.05, 3.63) is 77.5 Å². The minimum Gasteiger partial charge on any atom is -0.339 e. The summed E-state index contributed by atoms with van der Waals surface area (Å²) in [7, 11) is 0. The van der Waals surface area contributed by atoms with Gasteiger partial charge in [-0.3, -0.25) is 4.79 Å². The number of rotatable bonds is 6. The number of hydrogen-bond acceptors (Lipinski definition) is 5. The molecular formula is C25H24F2N4OS. The van der Waals surface area contributed by atoms with Gasteiger partial charge in [0.2, 0.25) is 5.95 Å². The van der Waals surface area contributed by atoms with Crippen LogP contribution in [0.2, 0.25) is 0 Å². The van der Waals surface area contributed by atoms with E-state index in [1.165, 1.54) is 24.4 Å². The van der Waals surface area contributed by atoms with E-state index in [-0.39, 0.29) is 28.9 Å². The van der Waals surface area contributed by atoms with Gasteiger partial charge in [-0.15, -0.1) is 0 Å². The quantitative estimate of drug-likeness (QED) is 0.523. The van der Waals surface area contributed by atoms with Gasteiger partial charge in [0.1, 0.15) is 11.6 Å². The van der Waals surface area contributed by atoms with Crippen LogP contribution in [0, 0.1) is 11.6 Å². The molecular weight excluding hydrogens is 442 g/mol. The number of carbonyl (C=O) groups is 1. The van der Waals surface area contributed by atoms with E-state index in [4.69, 9.17) is 4.98 Å². The zero-order chi connectivity index (χ0) is 22.8. The Bertz CT molecular complexity index is 1150. The van der Waals surface area contributed by atoms with Crippen molar-refractivity contribution in [2.24, 2.45) is 0 Å². The van der Waals surface area contributed by atoms with E-state index in [0.717, 1.165) is 43.0 Å². The molecule has 170 valence electrons. The molecule has 1 saturated heterocycles. The van der Waals surface area contributed by atoms with E-state index in [0.29, 0.717) is 18.2 Å². The second-order valence-electron chi connectivity index (χ2n) is 8.30. The SMILES string of the molecule is O=C(c1cnc(N2CCSCC2)nc1-c1ccccc1F)N(Cc1ccc(F)cc1)C1CC1. The lowest BCUT2D eigenvalue weighted by Gasteiger charge is -2.28. The van der Waals surface area contributed by atoms with Crippen LogP contribution in [0.3, 0.4) is 0 Å². The van der Waals surface area contributed by atoms with Crippen LogP contribution in [-0.2, 0) is 6.54 Å². The highest BCUT2D eigenvalue weighted by Gasteiger charge is 2.35. The lowest BCUT2D eigenvalue weighted by molar-refractivity contribution is 0.0730. The zero-order valence-corrected chi connectivity index (χ0v) is 18.9. The number of halogens is 2. The van der Waals surface area contributed by atoms with Crippen LogP contribution in [-0.4, -0.2) is 51.4 Å². The summed E-state index contributed by atoms with van der Waals surface area (Å²) in [5, 5.41) is 0. The van der Waals surface area contributed by atoms with Gasteiger partial charge in [0.15, 0.2) is 0 Å². The van der Waals surface area contributed by atoms with E-state index < -0.39 is 5.82 Å². The molecule has 1 amide bonds. The third-order valence-corrected chi connectivity index (χ3v) is 6.89. The molecule has 1 aromatic heterocycles. The molecule has 1 saturated carbocycles. The Hall–Kier alpha value is -3.00. The molecule has 5 rings (SSSR count). The molecule has 2 aromatic carbocycles. The Morgan fingerprint density at radius 2 is 1.79 bits per heavy atom. The van der Waals surface area contributed by atoms with Crippen LogP contribution in [0.4, 0.5) is 14.7 Å². The van der Waals surface area contributed by atoms with Crippen molar-refractivity contribution in [1.82, 2.24) is 14.9 Å². The Labute approximate surface area is 195 Å². The lowest BCUT2D eigenvalue weighted by atomic mass is 10.0. The molecule has 33 heavy (non-hydrogen) atoms. The van der Waals surface area contributed by atoms with Gasteiger partial charge in [-0.1, -0.05) is 24.3 Å². The van der Waals surface area contributed by atoms with Gasteiger partial charge in [0.25, 0.3) is 5.91 Å². The van der Waals surface area contributed by atoms with Crippen molar-refractivity contribution < 1.29 is 13.6 Å². The molecule has 2 heterocycles. The van der Waals surface area contributed by atoms with Crippen molar-refractivity contribution in [3.63, 3.8) is 0 Å². The molecule has 2 aliphatic rings. The highest BCUT2D eigenvalue weighted by atomic mass is 32.2. The summed E-state index contributed by atoms with van der Waals surface area (Å²) in [5.41, 5.74) is 1.72. The average Bonchev–Trinajstić information content (AvgIpc) is 3.69. The van der Waals surface area contributed by atoms with Crippen LogP contribution in [0.15, 0.2) is 54.7 Å². The molecule has 1 aliphatic heterocycles. The fourth-order valence-corrected chi connectivity index (χ4v) is 4.90. The van der Waals surface area contributed by atoms with Gasteiger partial charge in [0, 0.05) is 48.9 Å². The second-order valence-corrected chi connectivity index (χ2v) is 9.53. The standard InChI is InChI=1S/C25H24F2N4OS/c26-18-7-5-17(6-8-18)16-31(19-9-10-19)24(32)21-15-28-25(30-11-13-33-14-12-30)29-23(21)20-3-1-2-4-22(20)27/h1-8,15,19H,9-14,16H2. The molecule has 8 heteroatoms. The summed E-state index contributed by atoms with van der Waals surface area (Å²) in [5.74, 6) is 1.49. The van der Waals surface area contributed by atoms with Gasteiger partial charge in [-0.05, 0) is 42.7 Å². The Kier molecular flexibility index (Phi) is 6.26. The first-order chi connectivity index (χ1) is 16.1. The average molecular weight is 467 g/mol. The monoisotopic (exact) mass is 466 g/mol. The van der Waals surface area contributed by atoms with Crippen LogP contribution in [0.25, 0.3) is 11.3 Å². The Balaban J connectivity index is 1.53. The van der Waals surface area contributed by atoms with E-state index in [1.807, 2.05) is 11.8 Å². The maximum Gasteiger partial charge on any atom is 0.258 e. The largest absolute Gasteiger partial charge is 0.339 e. The molecule has 0 N–H and O–H groups in total. The van der Waals surface area contributed by atoms with Gasteiger partial charge >= 0.3 is 0 Å². The van der Waals surface area contributed by atoms with Gasteiger partial charge in [0.05, 0.1) is 11.3 Å². The number of thioether (sulfide) groups is 1. The minimum absolute atomic E-state index is 0.106. The lowest BCUT2D eigenvalue weighted by Crippen LogP contribution is -2.35. The predicted molar refractivity (Wildman–Crippen MR) is 126 cm³/mol. The highest BCUT2D eigenvalue weighted by Crippen LogP contribution is 2.33. The molecule has 1 aliphatic carbocycles. The number of anilines is 1. The molecule has 0 atom stereocenters. The molecule has 2 fully saturated rings. The zero-order valence-electron chi connectivity index (χ0n) is 18.1.